The van der Waals surface area contributed by atoms with E-state index >= 15 is 0 Å². The molecule has 1 aromatic heterocycles. The lowest BCUT2D eigenvalue weighted by molar-refractivity contribution is -0.137. The Hall–Kier alpha value is -2.56. The fraction of sp³-hybridized carbons (Fsp3) is 0.429. The van der Waals surface area contributed by atoms with Gasteiger partial charge in [0, 0.05) is 26.2 Å². The molecule has 2 amide bonds. The summed E-state index contributed by atoms with van der Waals surface area (Å²) < 4.78 is 5.26. The van der Waals surface area contributed by atoms with Crippen LogP contribution in [0.25, 0.3) is 0 Å². The Morgan fingerprint density at radius 2 is 1.88 bits per heavy atom. The quantitative estimate of drug-likeness (QED) is 0.835. The van der Waals surface area contributed by atoms with Gasteiger partial charge in [0.2, 0.25) is 5.91 Å². The molecule has 1 atom stereocenters. The molecule has 0 spiro atoms. The van der Waals surface area contributed by atoms with Gasteiger partial charge in [-0.25, -0.2) is 0 Å². The average Bonchev–Trinajstić information content (AvgIpc) is 3.12. The molecule has 1 aromatic carbocycles. The highest BCUT2D eigenvalue weighted by Gasteiger charge is 2.33. The van der Waals surface area contributed by atoms with Crippen molar-refractivity contribution < 1.29 is 14.0 Å². The third kappa shape index (κ3) is 3.14. The van der Waals surface area contributed by atoms with Crippen LogP contribution in [0.5, 0.6) is 0 Å². The maximum atomic E-state index is 13.1. The molecule has 2 aliphatic rings. The molecule has 1 saturated heterocycles. The Bertz CT molecular complexity index is 826. The molecule has 0 radical (unpaired) electrons. The van der Waals surface area contributed by atoms with Crippen LogP contribution < -0.4 is 0 Å². The van der Waals surface area contributed by atoms with E-state index in [1.54, 1.807) is 19.3 Å². The molecule has 136 valence electrons. The summed E-state index contributed by atoms with van der Waals surface area (Å²) in [7, 11) is 0. The number of carbonyl (C=O) groups is 2. The van der Waals surface area contributed by atoms with Crippen molar-refractivity contribution in [3.05, 3.63) is 59.0 Å². The normalized spacial score (nSPS) is 20.0. The van der Waals surface area contributed by atoms with E-state index in [0.717, 1.165) is 25.8 Å². The monoisotopic (exact) mass is 352 g/mol. The van der Waals surface area contributed by atoms with Gasteiger partial charge in [0.1, 0.15) is 5.76 Å². The molecular formula is C21H24N2O3. The number of benzene rings is 1. The summed E-state index contributed by atoms with van der Waals surface area (Å²) in [6.07, 6.45) is 4.17. The van der Waals surface area contributed by atoms with Crippen molar-refractivity contribution in [2.45, 2.75) is 32.7 Å². The number of aryl methyl sites for hydroxylation is 1. The van der Waals surface area contributed by atoms with Crippen molar-refractivity contribution in [3.63, 3.8) is 0 Å². The Morgan fingerprint density at radius 1 is 1.08 bits per heavy atom. The van der Waals surface area contributed by atoms with E-state index in [0.29, 0.717) is 31.0 Å². The van der Waals surface area contributed by atoms with Gasteiger partial charge in [0.25, 0.3) is 5.91 Å². The zero-order chi connectivity index (χ0) is 18.1. The molecule has 5 nitrogen and oxygen atoms in total. The number of amides is 2. The summed E-state index contributed by atoms with van der Waals surface area (Å²) in [5.74, 6) is 0.680. The van der Waals surface area contributed by atoms with Gasteiger partial charge in [-0.2, -0.15) is 0 Å². The number of furan rings is 1. The van der Waals surface area contributed by atoms with Crippen molar-refractivity contribution in [2.75, 3.05) is 19.6 Å². The van der Waals surface area contributed by atoms with Crippen LogP contribution in [0.15, 0.2) is 41.0 Å². The third-order valence-corrected chi connectivity index (χ3v) is 5.59. The molecule has 1 unspecified atom stereocenters. The molecule has 0 aliphatic carbocycles. The van der Waals surface area contributed by atoms with Gasteiger partial charge in [0.15, 0.2) is 0 Å². The number of hydrogen-bond donors (Lipinski definition) is 0. The number of likely N-dealkylation sites (tertiary alicyclic amines) is 1. The van der Waals surface area contributed by atoms with E-state index in [4.69, 9.17) is 4.42 Å². The summed E-state index contributed by atoms with van der Waals surface area (Å²) in [5, 5.41) is 0. The van der Waals surface area contributed by atoms with Crippen molar-refractivity contribution in [1.29, 1.82) is 0 Å². The standard InChI is InChI=1S/C21H24N2O3/c1-15-19(9-12-26-15)21(25)22-10-4-7-18(14-22)20(24)23-11-8-16-5-2-3-6-17(16)13-23/h2-3,5-6,9,12,18H,4,7-8,10-11,13-14H2,1H3. The average molecular weight is 352 g/mol. The van der Waals surface area contributed by atoms with Gasteiger partial charge in [-0.3, -0.25) is 9.59 Å². The summed E-state index contributed by atoms with van der Waals surface area (Å²) in [5.41, 5.74) is 3.18. The summed E-state index contributed by atoms with van der Waals surface area (Å²) >= 11 is 0. The summed E-state index contributed by atoms with van der Waals surface area (Å²) in [6, 6.07) is 10.0. The number of carbonyl (C=O) groups excluding carboxylic acids is 2. The third-order valence-electron chi connectivity index (χ3n) is 5.59. The lowest BCUT2D eigenvalue weighted by Crippen LogP contribution is -2.47. The van der Waals surface area contributed by atoms with E-state index in [1.807, 2.05) is 15.9 Å². The Balaban J connectivity index is 1.44. The van der Waals surface area contributed by atoms with Gasteiger partial charge in [-0.05, 0) is 43.4 Å². The molecule has 2 aliphatic heterocycles. The molecule has 4 rings (SSSR count). The maximum Gasteiger partial charge on any atom is 0.257 e. The smallest absolute Gasteiger partial charge is 0.257 e. The minimum absolute atomic E-state index is 0.0299. The van der Waals surface area contributed by atoms with Crippen LogP contribution in [0.1, 0.15) is 40.1 Å². The Labute approximate surface area is 153 Å². The van der Waals surface area contributed by atoms with Crippen molar-refractivity contribution in [3.8, 4) is 0 Å². The maximum absolute atomic E-state index is 13.1. The van der Waals surface area contributed by atoms with Crippen LogP contribution in [-0.4, -0.2) is 41.2 Å². The summed E-state index contributed by atoms with van der Waals surface area (Å²) in [4.78, 5) is 29.6. The number of hydrogen-bond acceptors (Lipinski definition) is 3. The van der Waals surface area contributed by atoms with Crippen molar-refractivity contribution in [2.24, 2.45) is 5.92 Å². The van der Waals surface area contributed by atoms with Gasteiger partial charge >= 0.3 is 0 Å². The summed E-state index contributed by atoms with van der Waals surface area (Å²) in [6.45, 7) is 4.45. The first-order valence-electron chi connectivity index (χ1n) is 9.32. The van der Waals surface area contributed by atoms with Gasteiger partial charge < -0.3 is 14.2 Å². The zero-order valence-electron chi connectivity index (χ0n) is 15.1. The molecule has 0 bridgehead atoms. The van der Waals surface area contributed by atoms with Crippen LogP contribution >= 0.6 is 0 Å². The fourth-order valence-electron chi connectivity index (χ4n) is 4.08. The molecule has 2 aromatic rings. The first kappa shape index (κ1) is 16.9. The molecule has 1 fully saturated rings. The highest BCUT2D eigenvalue weighted by Crippen LogP contribution is 2.25. The second-order valence-corrected chi connectivity index (χ2v) is 7.26. The predicted octanol–water partition coefficient (Wildman–Crippen LogP) is 3.03. The van der Waals surface area contributed by atoms with Crippen LogP contribution in [0, 0.1) is 12.8 Å². The van der Waals surface area contributed by atoms with Crippen LogP contribution in [-0.2, 0) is 17.8 Å². The lowest BCUT2D eigenvalue weighted by Gasteiger charge is -2.36. The number of piperidine rings is 1. The largest absolute Gasteiger partial charge is 0.469 e. The zero-order valence-corrected chi connectivity index (χ0v) is 15.1. The SMILES string of the molecule is Cc1occc1C(=O)N1CCCC(C(=O)N2CCc3ccccc3C2)C1. The van der Waals surface area contributed by atoms with Gasteiger partial charge in [-0.1, -0.05) is 24.3 Å². The topological polar surface area (TPSA) is 53.8 Å². The molecule has 26 heavy (non-hydrogen) atoms. The number of rotatable bonds is 2. The first-order valence-corrected chi connectivity index (χ1v) is 9.32. The Morgan fingerprint density at radius 3 is 2.65 bits per heavy atom. The van der Waals surface area contributed by atoms with Crippen molar-refractivity contribution >= 4 is 11.8 Å². The van der Waals surface area contributed by atoms with Crippen LogP contribution in [0.3, 0.4) is 0 Å². The molecular weight excluding hydrogens is 328 g/mol. The second-order valence-electron chi connectivity index (χ2n) is 7.26. The highest BCUT2D eigenvalue weighted by atomic mass is 16.3. The van der Waals surface area contributed by atoms with E-state index in [2.05, 4.69) is 18.2 Å². The molecule has 0 N–H and O–H groups in total. The Kier molecular flexibility index (Phi) is 4.53. The van der Waals surface area contributed by atoms with E-state index in [-0.39, 0.29) is 17.7 Å². The first-order chi connectivity index (χ1) is 12.6. The van der Waals surface area contributed by atoms with E-state index < -0.39 is 0 Å². The van der Waals surface area contributed by atoms with Crippen LogP contribution in [0.2, 0.25) is 0 Å². The molecule has 0 saturated carbocycles. The van der Waals surface area contributed by atoms with E-state index in [9.17, 15) is 9.59 Å². The number of fused-ring (bicyclic) bond motifs is 1. The van der Waals surface area contributed by atoms with E-state index in [1.165, 1.54) is 11.1 Å². The van der Waals surface area contributed by atoms with Gasteiger partial charge in [0.05, 0.1) is 17.7 Å². The van der Waals surface area contributed by atoms with Crippen LogP contribution in [0.4, 0.5) is 0 Å². The lowest BCUT2D eigenvalue weighted by atomic mass is 9.93. The molecule has 5 heteroatoms. The predicted molar refractivity (Wildman–Crippen MR) is 97.6 cm³/mol. The van der Waals surface area contributed by atoms with Gasteiger partial charge in [-0.15, -0.1) is 0 Å². The fourth-order valence-corrected chi connectivity index (χ4v) is 4.08. The second kappa shape index (κ2) is 6.98. The number of nitrogens with zero attached hydrogens (tertiary/aromatic N) is 2. The minimum atomic E-state index is -0.106. The molecule has 3 heterocycles. The highest BCUT2D eigenvalue weighted by molar-refractivity contribution is 5.95. The minimum Gasteiger partial charge on any atom is -0.469 e. The van der Waals surface area contributed by atoms with Crippen molar-refractivity contribution in [1.82, 2.24) is 9.80 Å².